The van der Waals surface area contributed by atoms with Crippen molar-refractivity contribution < 1.29 is 0 Å². The third-order valence-electron chi connectivity index (χ3n) is 3.28. The molecule has 1 aliphatic rings. The normalized spacial score (nSPS) is 22.5. The fraction of sp³-hybridized carbons (Fsp3) is 0.615. The SMILES string of the molecule is Cc1ccc(N2CCCC(C)CC2)cn1. The minimum Gasteiger partial charge on any atom is -0.370 e. The Hall–Kier alpha value is -1.05. The van der Waals surface area contributed by atoms with Gasteiger partial charge in [-0.3, -0.25) is 4.98 Å². The average molecular weight is 204 g/mol. The van der Waals surface area contributed by atoms with Crippen LogP contribution in [0, 0.1) is 12.8 Å². The van der Waals surface area contributed by atoms with Crippen LogP contribution >= 0.6 is 0 Å². The number of anilines is 1. The Bertz CT molecular complexity index is 305. The molecule has 2 heteroatoms. The van der Waals surface area contributed by atoms with Gasteiger partial charge in [-0.2, -0.15) is 0 Å². The maximum atomic E-state index is 4.36. The van der Waals surface area contributed by atoms with E-state index in [-0.39, 0.29) is 0 Å². The molecule has 0 bridgehead atoms. The van der Waals surface area contributed by atoms with Crippen LogP contribution in [0.5, 0.6) is 0 Å². The van der Waals surface area contributed by atoms with Gasteiger partial charge < -0.3 is 4.90 Å². The van der Waals surface area contributed by atoms with Gasteiger partial charge in [-0.15, -0.1) is 0 Å². The first-order valence-electron chi connectivity index (χ1n) is 5.93. The zero-order chi connectivity index (χ0) is 10.7. The first-order chi connectivity index (χ1) is 7.25. The Morgan fingerprint density at radius 2 is 2.13 bits per heavy atom. The van der Waals surface area contributed by atoms with Gasteiger partial charge in [0, 0.05) is 18.8 Å². The number of hydrogen-bond donors (Lipinski definition) is 0. The molecule has 2 heterocycles. The van der Waals surface area contributed by atoms with Crippen molar-refractivity contribution in [2.45, 2.75) is 33.1 Å². The minimum absolute atomic E-state index is 0.883. The molecule has 1 aliphatic heterocycles. The number of rotatable bonds is 1. The second-order valence-electron chi connectivity index (χ2n) is 4.68. The molecular weight excluding hydrogens is 184 g/mol. The molecule has 1 atom stereocenters. The number of pyridine rings is 1. The molecule has 0 amide bonds. The van der Waals surface area contributed by atoms with Crippen molar-refractivity contribution >= 4 is 5.69 Å². The van der Waals surface area contributed by atoms with Gasteiger partial charge in [0.05, 0.1) is 11.9 Å². The molecule has 0 radical (unpaired) electrons. The largest absolute Gasteiger partial charge is 0.370 e. The monoisotopic (exact) mass is 204 g/mol. The fourth-order valence-corrected chi connectivity index (χ4v) is 2.17. The maximum Gasteiger partial charge on any atom is 0.0552 e. The molecule has 2 nitrogen and oxygen atoms in total. The molecule has 82 valence electrons. The third kappa shape index (κ3) is 2.71. The van der Waals surface area contributed by atoms with Gasteiger partial charge in [0.1, 0.15) is 0 Å². The molecule has 0 aliphatic carbocycles. The van der Waals surface area contributed by atoms with Crippen LogP contribution in [0.4, 0.5) is 5.69 Å². The second-order valence-corrected chi connectivity index (χ2v) is 4.68. The summed E-state index contributed by atoms with van der Waals surface area (Å²) in [5.74, 6) is 0.883. The molecule has 15 heavy (non-hydrogen) atoms. The lowest BCUT2D eigenvalue weighted by molar-refractivity contribution is 0.521. The summed E-state index contributed by atoms with van der Waals surface area (Å²) in [5.41, 5.74) is 2.39. The first kappa shape index (κ1) is 10.5. The van der Waals surface area contributed by atoms with Gasteiger partial charge in [0.2, 0.25) is 0 Å². The van der Waals surface area contributed by atoms with E-state index in [9.17, 15) is 0 Å². The zero-order valence-corrected chi connectivity index (χ0v) is 9.74. The fourth-order valence-electron chi connectivity index (χ4n) is 2.17. The molecule has 1 aromatic rings. The lowest BCUT2D eigenvalue weighted by atomic mass is 10.0. The molecule has 1 aromatic heterocycles. The molecule has 0 saturated carbocycles. The van der Waals surface area contributed by atoms with E-state index in [1.54, 1.807) is 0 Å². The van der Waals surface area contributed by atoms with Crippen molar-refractivity contribution in [3.63, 3.8) is 0 Å². The van der Waals surface area contributed by atoms with E-state index in [1.807, 2.05) is 13.1 Å². The van der Waals surface area contributed by atoms with Gasteiger partial charge >= 0.3 is 0 Å². The first-order valence-corrected chi connectivity index (χ1v) is 5.93. The summed E-state index contributed by atoms with van der Waals surface area (Å²) in [5, 5.41) is 0. The number of aromatic nitrogens is 1. The molecule has 1 fully saturated rings. The summed E-state index contributed by atoms with van der Waals surface area (Å²) in [6, 6.07) is 4.29. The van der Waals surface area contributed by atoms with E-state index in [1.165, 1.54) is 38.0 Å². The summed E-state index contributed by atoms with van der Waals surface area (Å²) in [4.78, 5) is 6.83. The van der Waals surface area contributed by atoms with Crippen molar-refractivity contribution in [3.8, 4) is 0 Å². The third-order valence-corrected chi connectivity index (χ3v) is 3.28. The highest BCUT2D eigenvalue weighted by molar-refractivity contribution is 5.44. The molecule has 0 N–H and O–H groups in total. The van der Waals surface area contributed by atoms with Gasteiger partial charge in [-0.1, -0.05) is 6.92 Å². The molecule has 2 rings (SSSR count). The van der Waals surface area contributed by atoms with Crippen molar-refractivity contribution in [1.29, 1.82) is 0 Å². The Morgan fingerprint density at radius 1 is 1.27 bits per heavy atom. The summed E-state index contributed by atoms with van der Waals surface area (Å²) >= 11 is 0. The van der Waals surface area contributed by atoms with Gasteiger partial charge in [0.25, 0.3) is 0 Å². The van der Waals surface area contributed by atoms with Gasteiger partial charge in [-0.05, 0) is 44.2 Å². The van der Waals surface area contributed by atoms with E-state index >= 15 is 0 Å². The van der Waals surface area contributed by atoms with E-state index in [0.29, 0.717) is 0 Å². The van der Waals surface area contributed by atoms with Crippen LogP contribution in [0.25, 0.3) is 0 Å². The predicted octanol–water partition coefficient (Wildman–Crippen LogP) is 3.02. The van der Waals surface area contributed by atoms with E-state index in [0.717, 1.165) is 11.6 Å². The van der Waals surface area contributed by atoms with Crippen molar-refractivity contribution in [1.82, 2.24) is 4.98 Å². The number of nitrogens with zero attached hydrogens (tertiary/aromatic N) is 2. The van der Waals surface area contributed by atoms with Crippen LogP contribution in [-0.2, 0) is 0 Å². The molecule has 0 aromatic carbocycles. The van der Waals surface area contributed by atoms with Crippen LogP contribution in [0.2, 0.25) is 0 Å². The minimum atomic E-state index is 0.883. The van der Waals surface area contributed by atoms with Crippen LogP contribution in [-0.4, -0.2) is 18.1 Å². The molecule has 1 saturated heterocycles. The van der Waals surface area contributed by atoms with Crippen molar-refractivity contribution in [2.75, 3.05) is 18.0 Å². The van der Waals surface area contributed by atoms with Crippen molar-refractivity contribution in [3.05, 3.63) is 24.0 Å². The van der Waals surface area contributed by atoms with E-state index in [4.69, 9.17) is 0 Å². The van der Waals surface area contributed by atoms with Crippen LogP contribution in [0.15, 0.2) is 18.3 Å². The Morgan fingerprint density at radius 3 is 2.87 bits per heavy atom. The number of aryl methyl sites for hydroxylation is 1. The van der Waals surface area contributed by atoms with Crippen molar-refractivity contribution in [2.24, 2.45) is 5.92 Å². The lowest BCUT2D eigenvalue weighted by Gasteiger charge is -2.22. The summed E-state index contributed by atoms with van der Waals surface area (Å²) in [7, 11) is 0. The number of hydrogen-bond acceptors (Lipinski definition) is 2. The molecule has 1 unspecified atom stereocenters. The highest BCUT2D eigenvalue weighted by Crippen LogP contribution is 2.21. The highest BCUT2D eigenvalue weighted by Gasteiger charge is 2.13. The molecule has 0 spiro atoms. The lowest BCUT2D eigenvalue weighted by Crippen LogP contribution is -2.24. The summed E-state index contributed by atoms with van der Waals surface area (Å²) in [6.07, 6.45) is 6.00. The van der Waals surface area contributed by atoms with Crippen LogP contribution in [0.3, 0.4) is 0 Å². The van der Waals surface area contributed by atoms with E-state index < -0.39 is 0 Å². The summed E-state index contributed by atoms with van der Waals surface area (Å²) in [6.45, 7) is 6.77. The Balaban J connectivity index is 2.06. The smallest absolute Gasteiger partial charge is 0.0552 e. The Kier molecular flexibility index (Phi) is 3.24. The van der Waals surface area contributed by atoms with Crippen LogP contribution in [0.1, 0.15) is 31.9 Å². The summed E-state index contributed by atoms with van der Waals surface area (Å²) < 4.78 is 0. The standard InChI is InChI=1S/C13H20N2/c1-11-4-3-8-15(9-7-11)13-6-5-12(2)14-10-13/h5-6,10-11H,3-4,7-9H2,1-2H3. The van der Waals surface area contributed by atoms with Gasteiger partial charge in [-0.25, -0.2) is 0 Å². The van der Waals surface area contributed by atoms with E-state index in [2.05, 4.69) is 28.9 Å². The topological polar surface area (TPSA) is 16.1 Å². The second kappa shape index (κ2) is 4.65. The highest BCUT2D eigenvalue weighted by atomic mass is 15.1. The zero-order valence-electron chi connectivity index (χ0n) is 9.74. The predicted molar refractivity (Wildman–Crippen MR) is 64.2 cm³/mol. The van der Waals surface area contributed by atoms with Crippen LogP contribution < -0.4 is 4.90 Å². The maximum absolute atomic E-state index is 4.36. The quantitative estimate of drug-likeness (QED) is 0.699. The molecular formula is C13H20N2. The van der Waals surface area contributed by atoms with Gasteiger partial charge in [0.15, 0.2) is 0 Å². The average Bonchev–Trinajstić information content (AvgIpc) is 2.44. The Labute approximate surface area is 92.3 Å².